The fraction of sp³-hybridized carbons (Fsp3) is 0.467. The Bertz CT molecular complexity index is 422. The van der Waals surface area contributed by atoms with E-state index in [1.165, 1.54) is 5.56 Å². The van der Waals surface area contributed by atoms with Crippen LogP contribution in [0, 0.1) is 0 Å². The number of hydrogen-bond acceptors (Lipinski definition) is 3. The van der Waals surface area contributed by atoms with Crippen molar-refractivity contribution in [1.82, 2.24) is 5.32 Å². The minimum absolute atomic E-state index is 0.0169. The van der Waals surface area contributed by atoms with Gasteiger partial charge in [-0.1, -0.05) is 37.3 Å². The maximum Gasteiger partial charge on any atom is 0.305 e. The molecule has 0 aliphatic heterocycles. The predicted molar refractivity (Wildman–Crippen MR) is 81.9 cm³/mol. The lowest BCUT2D eigenvalue weighted by molar-refractivity contribution is -0.137. The Morgan fingerprint density at radius 2 is 2.00 bits per heavy atom. The molecule has 0 fully saturated rings. The number of carbonyl (C=O) groups is 2. The van der Waals surface area contributed by atoms with E-state index in [0.29, 0.717) is 12.2 Å². The van der Waals surface area contributed by atoms with Crippen LogP contribution in [0.25, 0.3) is 0 Å². The fourth-order valence-electron chi connectivity index (χ4n) is 1.78. The Hall–Kier alpha value is -1.49. The Morgan fingerprint density at radius 3 is 2.60 bits per heavy atom. The zero-order valence-corrected chi connectivity index (χ0v) is 12.5. The van der Waals surface area contributed by atoms with Crippen LogP contribution in [-0.4, -0.2) is 34.5 Å². The third-order valence-electron chi connectivity index (χ3n) is 2.89. The van der Waals surface area contributed by atoms with Gasteiger partial charge in [0.1, 0.15) is 0 Å². The van der Waals surface area contributed by atoms with Crippen LogP contribution in [0.2, 0.25) is 0 Å². The number of aryl methyl sites for hydroxylation is 1. The summed E-state index contributed by atoms with van der Waals surface area (Å²) in [6.45, 7) is 1.87. The van der Waals surface area contributed by atoms with Gasteiger partial charge in [0.15, 0.2) is 0 Å². The van der Waals surface area contributed by atoms with Crippen molar-refractivity contribution in [3.8, 4) is 0 Å². The first-order chi connectivity index (χ1) is 9.61. The highest BCUT2D eigenvalue weighted by Gasteiger charge is 2.13. The molecule has 4 nitrogen and oxygen atoms in total. The molecule has 1 aromatic carbocycles. The van der Waals surface area contributed by atoms with Gasteiger partial charge in [-0.25, -0.2) is 0 Å². The summed E-state index contributed by atoms with van der Waals surface area (Å²) in [5.41, 5.74) is 1.26. The molecule has 0 spiro atoms. The molecule has 0 aromatic heterocycles. The number of amides is 1. The molecular formula is C15H21NO3S. The van der Waals surface area contributed by atoms with Crippen molar-refractivity contribution in [2.75, 3.05) is 11.5 Å². The number of rotatable bonds is 9. The Balaban J connectivity index is 2.18. The number of carbonyl (C=O) groups excluding carboxylic acids is 1. The number of hydrogen-bond donors (Lipinski definition) is 2. The van der Waals surface area contributed by atoms with E-state index in [4.69, 9.17) is 5.11 Å². The summed E-state index contributed by atoms with van der Waals surface area (Å²) in [6.07, 6.45) is 1.55. The molecule has 0 saturated carbocycles. The SMILES string of the molecule is CCC(CC(=O)O)NC(=O)CSCCc1ccccc1. The van der Waals surface area contributed by atoms with Crippen LogP contribution in [0.4, 0.5) is 0 Å². The molecule has 1 aromatic rings. The summed E-state index contributed by atoms with van der Waals surface area (Å²) in [4.78, 5) is 22.3. The van der Waals surface area contributed by atoms with Crippen LogP contribution >= 0.6 is 11.8 Å². The molecule has 0 bridgehead atoms. The zero-order chi connectivity index (χ0) is 14.8. The molecule has 1 amide bonds. The van der Waals surface area contributed by atoms with Crippen molar-refractivity contribution in [2.24, 2.45) is 0 Å². The third-order valence-corrected chi connectivity index (χ3v) is 3.85. The number of benzene rings is 1. The first-order valence-electron chi connectivity index (χ1n) is 6.74. The van der Waals surface area contributed by atoms with Crippen molar-refractivity contribution in [1.29, 1.82) is 0 Å². The molecule has 110 valence electrons. The second-order valence-corrected chi connectivity index (χ2v) is 5.66. The summed E-state index contributed by atoms with van der Waals surface area (Å²) < 4.78 is 0. The van der Waals surface area contributed by atoms with Crippen LogP contribution in [-0.2, 0) is 16.0 Å². The molecule has 1 rings (SSSR count). The normalized spacial score (nSPS) is 11.8. The number of carboxylic acid groups (broad SMARTS) is 1. The highest BCUT2D eigenvalue weighted by Crippen LogP contribution is 2.07. The van der Waals surface area contributed by atoms with Gasteiger partial charge in [-0.15, -0.1) is 0 Å². The van der Waals surface area contributed by atoms with E-state index >= 15 is 0 Å². The quantitative estimate of drug-likeness (QED) is 0.686. The molecule has 5 heteroatoms. The second-order valence-electron chi connectivity index (χ2n) is 4.56. The third kappa shape index (κ3) is 7.19. The smallest absolute Gasteiger partial charge is 0.305 e. The van der Waals surface area contributed by atoms with Gasteiger partial charge in [0.05, 0.1) is 12.2 Å². The van der Waals surface area contributed by atoms with Gasteiger partial charge in [-0.3, -0.25) is 9.59 Å². The van der Waals surface area contributed by atoms with Crippen LogP contribution < -0.4 is 5.32 Å². The number of carboxylic acids is 1. The number of nitrogens with one attached hydrogen (secondary N) is 1. The Kier molecular flexibility index (Phi) is 7.80. The molecule has 0 heterocycles. The molecule has 0 aliphatic rings. The van der Waals surface area contributed by atoms with E-state index in [1.807, 2.05) is 25.1 Å². The highest BCUT2D eigenvalue weighted by molar-refractivity contribution is 7.99. The van der Waals surface area contributed by atoms with Crippen LogP contribution in [0.1, 0.15) is 25.3 Å². The van der Waals surface area contributed by atoms with Crippen LogP contribution in [0.15, 0.2) is 30.3 Å². The first kappa shape index (κ1) is 16.6. The monoisotopic (exact) mass is 295 g/mol. The average Bonchev–Trinajstić information content (AvgIpc) is 2.43. The lowest BCUT2D eigenvalue weighted by Gasteiger charge is -2.14. The molecule has 1 unspecified atom stereocenters. The second kappa shape index (κ2) is 9.42. The highest BCUT2D eigenvalue weighted by atomic mass is 32.2. The van der Waals surface area contributed by atoms with E-state index in [1.54, 1.807) is 11.8 Å². The Labute approximate surface area is 124 Å². The van der Waals surface area contributed by atoms with Gasteiger partial charge >= 0.3 is 5.97 Å². The van der Waals surface area contributed by atoms with Crippen LogP contribution in [0.3, 0.4) is 0 Å². The van der Waals surface area contributed by atoms with Gasteiger partial charge in [0, 0.05) is 6.04 Å². The predicted octanol–water partition coefficient (Wildman–Crippen LogP) is 2.33. The largest absolute Gasteiger partial charge is 0.481 e. The first-order valence-corrected chi connectivity index (χ1v) is 7.90. The molecule has 1 atom stereocenters. The molecule has 20 heavy (non-hydrogen) atoms. The summed E-state index contributed by atoms with van der Waals surface area (Å²) in [7, 11) is 0. The van der Waals surface area contributed by atoms with E-state index in [2.05, 4.69) is 17.4 Å². The van der Waals surface area contributed by atoms with E-state index in [-0.39, 0.29) is 18.4 Å². The molecular weight excluding hydrogens is 274 g/mol. The molecule has 0 saturated heterocycles. The fourth-order valence-corrected chi connectivity index (χ4v) is 2.57. The summed E-state index contributed by atoms with van der Waals surface area (Å²) >= 11 is 1.57. The van der Waals surface area contributed by atoms with Crippen molar-refractivity contribution in [2.45, 2.75) is 32.2 Å². The minimum Gasteiger partial charge on any atom is -0.481 e. The van der Waals surface area contributed by atoms with Crippen molar-refractivity contribution in [3.63, 3.8) is 0 Å². The van der Waals surface area contributed by atoms with E-state index in [9.17, 15) is 9.59 Å². The van der Waals surface area contributed by atoms with E-state index in [0.717, 1.165) is 12.2 Å². The lowest BCUT2D eigenvalue weighted by Crippen LogP contribution is -2.37. The molecule has 0 aliphatic carbocycles. The van der Waals surface area contributed by atoms with Gasteiger partial charge in [-0.05, 0) is 24.2 Å². The van der Waals surface area contributed by atoms with Gasteiger partial charge < -0.3 is 10.4 Å². The van der Waals surface area contributed by atoms with Crippen molar-refractivity contribution in [3.05, 3.63) is 35.9 Å². The molecule has 2 N–H and O–H groups in total. The summed E-state index contributed by atoms with van der Waals surface area (Å²) in [5.74, 6) is 0.292. The van der Waals surface area contributed by atoms with Crippen LogP contribution in [0.5, 0.6) is 0 Å². The van der Waals surface area contributed by atoms with Gasteiger partial charge in [-0.2, -0.15) is 11.8 Å². The topological polar surface area (TPSA) is 66.4 Å². The lowest BCUT2D eigenvalue weighted by atomic mass is 10.1. The van der Waals surface area contributed by atoms with Crippen molar-refractivity contribution >= 4 is 23.6 Å². The summed E-state index contributed by atoms with van der Waals surface area (Å²) in [6, 6.07) is 9.86. The maximum absolute atomic E-state index is 11.7. The minimum atomic E-state index is -0.881. The molecule has 0 radical (unpaired) electrons. The van der Waals surface area contributed by atoms with Gasteiger partial charge in [0.2, 0.25) is 5.91 Å². The zero-order valence-electron chi connectivity index (χ0n) is 11.7. The van der Waals surface area contributed by atoms with Crippen molar-refractivity contribution < 1.29 is 14.7 Å². The average molecular weight is 295 g/mol. The van der Waals surface area contributed by atoms with Gasteiger partial charge in [0.25, 0.3) is 0 Å². The number of thioether (sulfide) groups is 1. The maximum atomic E-state index is 11.7. The number of aliphatic carboxylic acids is 1. The summed E-state index contributed by atoms with van der Waals surface area (Å²) in [5, 5.41) is 11.5. The Morgan fingerprint density at radius 1 is 1.30 bits per heavy atom. The van der Waals surface area contributed by atoms with E-state index < -0.39 is 5.97 Å². The standard InChI is InChI=1S/C15H21NO3S/c1-2-13(10-15(18)19)16-14(17)11-20-9-8-12-6-4-3-5-7-12/h3-7,13H,2,8-11H2,1H3,(H,16,17)(H,18,19).